The number of amidine groups is 1. The Balaban J connectivity index is 2.20. The van der Waals surface area contributed by atoms with E-state index in [4.69, 9.17) is 0 Å². The van der Waals surface area contributed by atoms with Gasteiger partial charge in [-0.3, -0.25) is 9.59 Å². The first-order chi connectivity index (χ1) is 12.7. The highest BCUT2D eigenvalue weighted by Crippen LogP contribution is 2.21. The molecule has 1 N–H and O–H groups in total. The molecule has 2 rings (SSSR count). The normalized spacial score (nSPS) is 17.6. The highest BCUT2D eigenvalue weighted by molar-refractivity contribution is 8.14. The Morgan fingerprint density at radius 3 is 2.41 bits per heavy atom. The molecular formula is C17H24N4O4S2. The zero-order valence-corrected chi connectivity index (χ0v) is 17.4. The van der Waals surface area contributed by atoms with Gasteiger partial charge in [-0.2, -0.15) is 4.31 Å². The van der Waals surface area contributed by atoms with Crippen LogP contribution in [0, 0.1) is 5.92 Å². The molecule has 0 spiro atoms. The highest BCUT2D eigenvalue weighted by Gasteiger charge is 2.38. The van der Waals surface area contributed by atoms with Crippen molar-refractivity contribution in [3.63, 3.8) is 0 Å². The monoisotopic (exact) mass is 412 g/mol. The maximum Gasteiger partial charge on any atom is 0.309 e. The predicted molar refractivity (Wildman–Crippen MR) is 106 cm³/mol. The highest BCUT2D eigenvalue weighted by atomic mass is 32.2. The molecule has 1 atom stereocenters. The zero-order chi connectivity index (χ0) is 20.2. The number of hydrogen-bond donors (Lipinski definition) is 1. The molecule has 1 aromatic rings. The number of benzene rings is 1. The van der Waals surface area contributed by atoms with E-state index in [0.29, 0.717) is 5.17 Å². The minimum Gasteiger partial charge on any atom is -0.352 e. The van der Waals surface area contributed by atoms with E-state index in [1.54, 1.807) is 32.0 Å². The topological polar surface area (TPSA) is 99.2 Å². The van der Waals surface area contributed by atoms with Crippen LogP contribution in [0.3, 0.4) is 0 Å². The van der Waals surface area contributed by atoms with Gasteiger partial charge in [0.25, 0.3) is 0 Å². The van der Waals surface area contributed by atoms with Gasteiger partial charge in [0.2, 0.25) is 15.8 Å². The van der Waals surface area contributed by atoms with E-state index in [9.17, 15) is 18.0 Å². The molecule has 0 aromatic heterocycles. The van der Waals surface area contributed by atoms with Crippen LogP contribution in [-0.2, 0) is 19.6 Å². The molecule has 0 saturated carbocycles. The molecule has 27 heavy (non-hydrogen) atoms. The SMILES string of the molecule is CC(C)C(C(=O)C(=O)NN=C1SCCN1C)N(C)S(=O)(=O)c1ccccc1. The average Bonchev–Trinajstić information content (AvgIpc) is 3.05. The van der Waals surface area contributed by atoms with Gasteiger partial charge in [0.1, 0.15) is 0 Å². The first kappa shape index (κ1) is 21.4. The fraction of sp³-hybridized carbons (Fsp3) is 0.471. The third-order valence-corrected chi connectivity index (χ3v) is 7.07. The van der Waals surface area contributed by atoms with Crippen molar-refractivity contribution in [1.82, 2.24) is 14.6 Å². The number of nitrogens with zero attached hydrogens (tertiary/aromatic N) is 3. The van der Waals surface area contributed by atoms with Crippen molar-refractivity contribution >= 4 is 38.6 Å². The van der Waals surface area contributed by atoms with Crippen LogP contribution in [0.15, 0.2) is 40.3 Å². The molecular weight excluding hydrogens is 388 g/mol. The summed E-state index contributed by atoms with van der Waals surface area (Å²) in [5.74, 6) is -1.33. The van der Waals surface area contributed by atoms with Gasteiger partial charge in [0, 0.05) is 26.4 Å². The fourth-order valence-electron chi connectivity index (χ4n) is 2.68. The van der Waals surface area contributed by atoms with E-state index in [-0.39, 0.29) is 4.90 Å². The Morgan fingerprint density at radius 1 is 1.26 bits per heavy atom. The molecule has 1 aliphatic heterocycles. The minimum absolute atomic E-state index is 0.0654. The number of rotatable bonds is 7. The van der Waals surface area contributed by atoms with E-state index in [1.165, 1.54) is 30.9 Å². The summed E-state index contributed by atoms with van der Waals surface area (Å²) in [4.78, 5) is 26.9. The number of sulfonamides is 1. The van der Waals surface area contributed by atoms with Gasteiger partial charge in [0.05, 0.1) is 10.9 Å². The van der Waals surface area contributed by atoms with Crippen LogP contribution >= 0.6 is 11.8 Å². The number of carbonyl (C=O) groups is 2. The maximum atomic E-state index is 12.8. The maximum absolute atomic E-state index is 12.8. The standard InChI is InChI=1S/C17H24N4O4S2/c1-12(2)14(21(4)27(24,25)13-8-6-5-7-9-13)15(22)16(23)18-19-17-20(3)10-11-26-17/h5-9,12,14H,10-11H2,1-4H3,(H,18,23). The van der Waals surface area contributed by atoms with Crippen LogP contribution in [0.25, 0.3) is 0 Å². The first-order valence-corrected chi connectivity index (χ1v) is 10.9. The third kappa shape index (κ3) is 4.88. The molecule has 8 nitrogen and oxygen atoms in total. The van der Waals surface area contributed by atoms with Crippen molar-refractivity contribution in [2.75, 3.05) is 26.4 Å². The lowest BCUT2D eigenvalue weighted by Gasteiger charge is -2.28. The molecule has 1 saturated heterocycles. The van der Waals surface area contributed by atoms with E-state index in [1.807, 2.05) is 11.9 Å². The van der Waals surface area contributed by atoms with Crippen molar-refractivity contribution in [1.29, 1.82) is 0 Å². The number of hydrazone groups is 1. The predicted octanol–water partition coefficient (Wildman–Crippen LogP) is 0.967. The van der Waals surface area contributed by atoms with Gasteiger partial charge < -0.3 is 4.90 Å². The van der Waals surface area contributed by atoms with Crippen molar-refractivity contribution < 1.29 is 18.0 Å². The number of hydrogen-bond acceptors (Lipinski definition) is 6. The van der Waals surface area contributed by atoms with Crippen LogP contribution < -0.4 is 5.43 Å². The Kier molecular flexibility index (Phi) is 7.01. The largest absolute Gasteiger partial charge is 0.352 e. The molecule has 10 heteroatoms. The van der Waals surface area contributed by atoms with Crippen LogP contribution in [0.4, 0.5) is 0 Å². The van der Waals surface area contributed by atoms with Crippen LogP contribution in [0.2, 0.25) is 0 Å². The first-order valence-electron chi connectivity index (χ1n) is 8.45. The summed E-state index contributed by atoms with van der Waals surface area (Å²) in [5.41, 5.74) is 2.25. The summed E-state index contributed by atoms with van der Waals surface area (Å²) in [5, 5.41) is 4.58. The molecule has 0 radical (unpaired) electrons. The molecule has 1 aromatic carbocycles. The number of thioether (sulfide) groups is 1. The average molecular weight is 413 g/mol. The van der Waals surface area contributed by atoms with E-state index < -0.39 is 33.7 Å². The summed E-state index contributed by atoms with van der Waals surface area (Å²) in [6, 6.07) is 6.68. The van der Waals surface area contributed by atoms with E-state index in [2.05, 4.69) is 10.5 Å². The van der Waals surface area contributed by atoms with E-state index >= 15 is 0 Å². The summed E-state index contributed by atoms with van der Waals surface area (Å²) in [6.45, 7) is 4.19. The third-order valence-electron chi connectivity index (χ3n) is 4.17. The number of nitrogens with one attached hydrogen (secondary N) is 1. The lowest BCUT2D eigenvalue weighted by Crippen LogP contribution is -2.50. The van der Waals surface area contributed by atoms with Crippen molar-refractivity contribution in [2.24, 2.45) is 11.0 Å². The van der Waals surface area contributed by atoms with Gasteiger partial charge in [-0.25, -0.2) is 13.8 Å². The Labute approximate surface area is 164 Å². The quantitative estimate of drug-likeness (QED) is 0.529. The minimum atomic E-state index is -3.92. The van der Waals surface area contributed by atoms with Gasteiger partial charge >= 0.3 is 5.91 Å². The van der Waals surface area contributed by atoms with Gasteiger partial charge in [-0.05, 0) is 18.1 Å². The lowest BCUT2D eigenvalue weighted by molar-refractivity contribution is -0.140. The molecule has 1 heterocycles. The number of likely N-dealkylation sites (N-methyl/N-ethyl adjacent to an activating group) is 1. The smallest absolute Gasteiger partial charge is 0.309 e. The summed E-state index contributed by atoms with van der Waals surface area (Å²) >= 11 is 1.47. The van der Waals surface area contributed by atoms with Crippen molar-refractivity contribution in [2.45, 2.75) is 24.8 Å². The van der Waals surface area contributed by atoms with Gasteiger partial charge in [0.15, 0.2) is 5.17 Å². The molecule has 1 amide bonds. The number of amides is 1. The second-order valence-electron chi connectivity index (χ2n) is 6.49. The lowest BCUT2D eigenvalue weighted by atomic mass is 10.00. The number of Topliss-reactive ketones (excluding diaryl/α,β-unsaturated/α-hetero) is 1. The molecule has 0 aliphatic carbocycles. The van der Waals surface area contributed by atoms with Crippen LogP contribution in [0.1, 0.15) is 13.8 Å². The Hall–Kier alpha value is -1.91. The molecule has 1 unspecified atom stereocenters. The molecule has 0 bridgehead atoms. The van der Waals surface area contributed by atoms with Crippen LogP contribution in [-0.4, -0.2) is 66.9 Å². The van der Waals surface area contributed by atoms with E-state index in [0.717, 1.165) is 16.6 Å². The number of carbonyl (C=O) groups excluding carboxylic acids is 2. The second-order valence-corrected chi connectivity index (χ2v) is 9.55. The van der Waals surface area contributed by atoms with Gasteiger partial charge in [-0.1, -0.05) is 43.8 Å². The van der Waals surface area contributed by atoms with Crippen LogP contribution in [0.5, 0.6) is 0 Å². The van der Waals surface area contributed by atoms with Crippen molar-refractivity contribution in [3.8, 4) is 0 Å². The van der Waals surface area contributed by atoms with Crippen molar-refractivity contribution in [3.05, 3.63) is 30.3 Å². The Bertz CT molecular complexity index is 825. The second kappa shape index (κ2) is 8.85. The molecule has 1 fully saturated rings. The van der Waals surface area contributed by atoms with Gasteiger partial charge in [-0.15, -0.1) is 5.10 Å². The summed E-state index contributed by atoms with van der Waals surface area (Å²) < 4.78 is 26.6. The summed E-state index contributed by atoms with van der Waals surface area (Å²) in [7, 11) is -0.769. The zero-order valence-electron chi connectivity index (χ0n) is 15.7. The molecule has 148 valence electrons. The number of ketones is 1. The summed E-state index contributed by atoms with van der Waals surface area (Å²) in [6.07, 6.45) is 0. The fourth-order valence-corrected chi connectivity index (χ4v) is 5.12. The molecule has 1 aliphatic rings. The Morgan fingerprint density at radius 2 is 1.89 bits per heavy atom.